The first kappa shape index (κ1) is 12.2. The van der Waals surface area contributed by atoms with Gasteiger partial charge >= 0.3 is 29.6 Å². The van der Waals surface area contributed by atoms with Gasteiger partial charge in [0, 0.05) is 5.56 Å². The minimum atomic E-state index is -0.439. The van der Waals surface area contributed by atoms with Crippen LogP contribution in [-0.4, -0.2) is 11.6 Å². The quantitative estimate of drug-likeness (QED) is 0.348. The zero-order valence-corrected chi connectivity index (χ0v) is 11.4. The Morgan fingerprint density at radius 3 is 2.12 bits per heavy atom. The Hall–Kier alpha value is -1.22. The van der Waals surface area contributed by atoms with Gasteiger partial charge < -0.3 is 0 Å². The van der Waals surface area contributed by atoms with Crippen LogP contribution in [0.5, 0.6) is 0 Å². The standard InChI is InChI=1S/C14H7O2.Na/c15-13-11-7-3-1-5-9(11)10-6-2-4-8-12(10)14(13)16;/h1-3,5-8H;/q-1;+1. The van der Waals surface area contributed by atoms with Crippen LogP contribution in [0.15, 0.2) is 42.5 Å². The van der Waals surface area contributed by atoms with Gasteiger partial charge in [-0.25, -0.2) is 0 Å². The van der Waals surface area contributed by atoms with Crippen molar-refractivity contribution in [3.63, 3.8) is 0 Å². The first-order chi connectivity index (χ1) is 7.79. The molecule has 0 bridgehead atoms. The summed E-state index contributed by atoms with van der Waals surface area (Å²) >= 11 is 0. The van der Waals surface area contributed by atoms with Crippen molar-refractivity contribution >= 4 is 11.6 Å². The molecule has 0 unspecified atom stereocenters. The van der Waals surface area contributed by atoms with Crippen LogP contribution >= 0.6 is 0 Å². The molecular formula is C14H7NaO2. The molecule has 0 radical (unpaired) electrons. The van der Waals surface area contributed by atoms with E-state index in [-0.39, 0.29) is 29.6 Å². The minimum Gasteiger partial charge on any atom is -0.300 e. The molecule has 0 aromatic heterocycles. The van der Waals surface area contributed by atoms with Gasteiger partial charge in [0.2, 0.25) is 5.78 Å². The number of hydrogen-bond acceptors (Lipinski definition) is 2. The molecule has 0 atom stereocenters. The van der Waals surface area contributed by atoms with Crippen molar-refractivity contribution in [1.82, 2.24) is 0 Å². The van der Waals surface area contributed by atoms with Crippen molar-refractivity contribution in [2.24, 2.45) is 0 Å². The van der Waals surface area contributed by atoms with Crippen molar-refractivity contribution < 1.29 is 39.1 Å². The third kappa shape index (κ3) is 1.78. The van der Waals surface area contributed by atoms with Gasteiger partial charge in [-0.15, -0.1) is 5.56 Å². The Kier molecular flexibility index (Phi) is 3.29. The van der Waals surface area contributed by atoms with Crippen molar-refractivity contribution in [1.29, 1.82) is 0 Å². The molecule has 0 saturated carbocycles. The fraction of sp³-hybridized carbons (Fsp3) is 0. The van der Waals surface area contributed by atoms with Crippen molar-refractivity contribution in [2.45, 2.75) is 0 Å². The summed E-state index contributed by atoms with van der Waals surface area (Å²) < 4.78 is 0. The maximum Gasteiger partial charge on any atom is 1.00 e. The predicted octanol–water partition coefficient (Wildman–Crippen LogP) is -0.463. The molecule has 0 spiro atoms. The molecule has 0 amide bonds. The van der Waals surface area contributed by atoms with E-state index in [9.17, 15) is 9.59 Å². The van der Waals surface area contributed by atoms with Gasteiger partial charge in [-0.2, -0.15) is 24.3 Å². The fourth-order valence-corrected chi connectivity index (χ4v) is 2.01. The van der Waals surface area contributed by atoms with Crippen LogP contribution in [0, 0.1) is 6.07 Å². The number of rotatable bonds is 0. The average Bonchev–Trinajstić information content (AvgIpc) is 2.36. The number of fused-ring (bicyclic) bond motifs is 3. The van der Waals surface area contributed by atoms with E-state index in [0.29, 0.717) is 11.1 Å². The Morgan fingerprint density at radius 2 is 1.35 bits per heavy atom. The van der Waals surface area contributed by atoms with Crippen LogP contribution in [0.25, 0.3) is 11.1 Å². The first-order valence-corrected chi connectivity index (χ1v) is 4.97. The molecule has 0 N–H and O–H groups in total. The van der Waals surface area contributed by atoms with Crippen molar-refractivity contribution in [3.8, 4) is 11.1 Å². The van der Waals surface area contributed by atoms with Gasteiger partial charge in [-0.05, 0) is 5.56 Å². The number of Topliss-reactive ketones (excluding diaryl/α,β-unsaturated/α-hetero) is 2. The largest absolute Gasteiger partial charge is 1.00 e. The van der Waals surface area contributed by atoms with E-state index >= 15 is 0 Å². The summed E-state index contributed by atoms with van der Waals surface area (Å²) in [4.78, 5) is 23.6. The predicted molar refractivity (Wildman–Crippen MR) is 59.4 cm³/mol. The Morgan fingerprint density at radius 1 is 0.765 bits per heavy atom. The van der Waals surface area contributed by atoms with E-state index in [0.717, 1.165) is 11.1 Å². The van der Waals surface area contributed by atoms with Gasteiger partial charge in [-0.3, -0.25) is 9.59 Å². The molecule has 17 heavy (non-hydrogen) atoms. The second-order valence-electron chi connectivity index (χ2n) is 3.68. The zero-order valence-electron chi connectivity index (χ0n) is 9.36. The van der Waals surface area contributed by atoms with Crippen molar-refractivity contribution in [3.05, 3.63) is 59.7 Å². The molecule has 76 valence electrons. The molecule has 0 aliphatic heterocycles. The van der Waals surface area contributed by atoms with Crippen LogP contribution in [0.2, 0.25) is 0 Å². The molecule has 2 aromatic rings. The summed E-state index contributed by atoms with van der Waals surface area (Å²) in [6.07, 6.45) is 0. The smallest absolute Gasteiger partial charge is 0.300 e. The van der Waals surface area contributed by atoms with Gasteiger partial charge in [0.1, 0.15) is 0 Å². The van der Waals surface area contributed by atoms with E-state index < -0.39 is 11.6 Å². The zero-order chi connectivity index (χ0) is 11.1. The molecule has 2 aromatic carbocycles. The molecule has 0 saturated heterocycles. The number of benzene rings is 2. The maximum absolute atomic E-state index is 11.8. The SMILES string of the molecule is O=C1C(=O)c2ccccc2-c2cc[c-]cc21.[Na+]. The second kappa shape index (κ2) is 4.57. The van der Waals surface area contributed by atoms with E-state index in [4.69, 9.17) is 0 Å². The van der Waals surface area contributed by atoms with Gasteiger partial charge in [0.15, 0.2) is 5.78 Å². The molecule has 1 aliphatic rings. The van der Waals surface area contributed by atoms with Crippen LogP contribution < -0.4 is 29.6 Å². The molecule has 2 nitrogen and oxygen atoms in total. The van der Waals surface area contributed by atoms with Gasteiger partial charge in [0.05, 0.1) is 0 Å². The molecule has 3 heteroatoms. The molecule has 3 rings (SSSR count). The Bertz CT molecular complexity index is 562. The summed E-state index contributed by atoms with van der Waals surface area (Å²) in [7, 11) is 0. The summed E-state index contributed by atoms with van der Waals surface area (Å²) in [6.45, 7) is 0. The van der Waals surface area contributed by atoms with Crippen LogP contribution in [0.3, 0.4) is 0 Å². The average molecular weight is 230 g/mol. The molecule has 1 aliphatic carbocycles. The fourth-order valence-electron chi connectivity index (χ4n) is 2.01. The first-order valence-electron chi connectivity index (χ1n) is 4.97. The summed E-state index contributed by atoms with van der Waals surface area (Å²) in [5.41, 5.74) is 2.59. The third-order valence-corrected chi connectivity index (χ3v) is 2.78. The molecule has 0 fully saturated rings. The van der Waals surface area contributed by atoms with E-state index in [1.807, 2.05) is 18.2 Å². The van der Waals surface area contributed by atoms with Crippen LogP contribution in [0.4, 0.5) is 0 Å². The third-order valence-electron chi connectivity index (χ3n) is 2.78. The van der Waals surface area contributed by atoms with Crippen LogP contribution in [-0.2, 0) is 0 Å². The normalized spacial score (nSPS) is 12.5. The van der Waals surface area contributed by atoms with Gasteiger partial charge in [-0.1, -0.05) is 29.8 Å². The molecular weight excluding hydrogens is 223 g/mol. The second-order valence-corrected chi connectivity index (χ2v) is 3.68. The Labute approximate surface area is 121 Å². The van der Waals surface area contributed by atoms with E-state index in [1.54, 1.807) is 24.3 Å². The minimum absolute atomic E-state index is 0. The van der Waals surface area contributed by atoms with Crippen molar-refractivity contribution in [2.75, 3.05) is 0 Å². The van der Waals surface area contributed by atoms with E-state index in [1.165, 1.54) is 0 Å². The Balaban J connectivity index is 0.00000108. The van der Waals surface area contributed by atoms with E-state index in [2.05, 4.69) is 6.07 Å². The summed E-state index contributed by atoms with van der Waals surface area (Å²) in [5, 5.41) is 0. The summed E-state index contributed by atoms with van der Waals surface area (Å²) in [6, 6.07) is 15.2. The number of carbonyl (C=O) groups is 2. The number of carbonyl (C=O) groups excluding carboxylic acids is 2. The number of hydrogen-bond donors (Lipinski definition) is 0. The maximum atomic E-state index is 11.8. The topological polar surface area (TPSA) is 34.1 Å². The monoisotopic (exact) mass is 230 g/mol. The summed E-state index contributed by atoms with van der Waals surface area (Å²) in [5.74, 6) is -0.867. The van der Waals surface area contributed by atoms with Gasteiger partial charge in [0.25, 0.3) is 0 Å². The molecule has 0 heterocycles. The number of ketones is 2. The van der Waals surface area contributed by atoms with Crippen LogP contribution in [0.1, 0.15) is 20.7 Å².